The number of aromatic nitrogens is 1. The number of nitrogens with zero attached hydrogens (tertiary/aromatic N) is 1. The number of ether oxygens (including phenoxy) is 1. The second-order valence-electron chi connectivity index (χ2n) is 5.70. The summed E-state index contributed by atoms with van der Waals surface area (Å²) in [6.07, 6.45) is -1.18. The standard InChI is InChI=1S/C18H18ClF2N3O3/c1-10(12-3-4-15(14(19)7-12)27-9-16(20)21)23-18(26)13-5-6-22-17(8-13)24-11(2)25/h3-8,10,16H,9H2,1-2H3,(H,23,26)(H,22,24,25). The maximum absolute atomic E-state index is 12.4. The second kappa shape index (κ2) is 9.27. The maximum atomic E-state index is 12.4. The zero-order chi connectivity index (χ0) is 20.0. The number of anilines is 1. The van der Waals surface area contributed by atoms with Crippen molar-refractivity contribution in [1.29, 1.82) is 0 Å². The summed E-state index contributed by atoms with van der Waals surface area (Å²) in [6, 6.07) is 7.22. The van der Waals surface area contributed by atoms with Gasteiger partial charge in [-0.3, -0.25) is 9.59 Å². The average Bonchev–Trinajstić information content (AvgIpc) is 2.60. The zero-order valence-corrected chi connectivity index (χ0v) is 15.4. The van der Waals surface area contributed by atoms with Crippen molar-refractivity contribution < 1.29 is 23.1 Å². The molecular weight excluding hydrogens is 380 g/mol. The number of amides is 2. The molecule has 2 N–H and O–H groups in total. The lowest BCUT2D eigenvalue weighted by molar-refractivity contribution is -0.114. The number of carbonyl (C=O) groups excluding carboxylic acids is 2. The van der Waals surface area contributed by atoms with Crippen LogP contribution >= 0.6 is 11.6 Å². The SMILES string of the molecule is CC(=O)Nc1cc(C(=O)NC(C)c2ccc(OCC(F)F)c(Cl)c2)ccn1. The fraction of sp³-hybridized carbons (Fsp3) is 0.278. The number of pyridine rings is 1. The van der Waals surface area contributed by atoms with Gasteiger partial charge in [0.15, 0.2) is 0 Å². The summed E-state index contributed by atoms with van der Waals surface area (Å²) >= 11 is 6.05. The summed E-state index contributed by atoms with van der Waals surface area (Å²) in [4.78, 5) is 27.4. The van der Waals surface area contributed by atoms with Crippen LogP contribution in [0.15, 0.2) is 36.5 Å². The van der Waals surface area contributed by atoms with Crippen molar-refractivity contribution in [2.45, 2.75) is 26.3 Å². The topological polar surface area (TPSA) is 80.3 Å². The van der Waals surface area contributed by atoms with Gasteiger partial charge >= 0.3 is 0 Å². The third-order valence-corrected chi connectivity index (χ3v) is 3.79. The molecule has 2 aromatic rings. The van der Waals surface area contributed by atoms with Crippen LogP contribution in [0.4, 0.5) is 14.6 Å². The molecule has 2 amide bonds. The largest absolute Gasteiger partial charge is 0.486 e. The molecule has 1 aromatic heterocycles. The minimum atomic E-state index is -2.60. The minimum absolute atomic E-state index is 0.147. The normalized spacial score (nSPS) is 11.8. The second-order valence-corrected chi connectivity index (χ2v) is 6.11. The molecule has 1 heterocycles. The van der Waals surface area contributed by atoms with Crippen LogP contribution in [0.5, 0.6) is 5.75 Å². The van der Waals surface area contributed by atoms with Gasteiger partial charge in [-0.15, -0.1) is 0 Å². The van der Waals surface area contributed by atoms with Crippen LogP contribution in [0.1, 0.15) is 35.8 Å². The molecule has 0 aliphatic heterocycles. The number of nitrogens with one attached hydrogen (secondary N) is 2. The highest BCUT2D eigenvalue weighted by molar-refractivity contribution is 6.32. The third kappa shape index (κ3) is 6.18. The van der Waals surface area contributed by atoms with E-state index in [9.17, 15) is 18.4 Å². The number of alkyl halides is 2. The number of halogens is 3. The summed E-state index contributed by atoms with van der Waals surface area (Å²) < 4.78 is 29.4. The summed E-state index contributed by atoms with van der Waals surface area (Å²) in [7, 11) is 0. The van der Waals surface area contributed by atoms with Gasteiger partial charge in [0.25, 0.3) is 12.3 Å². The predicted octanol–water partition coefficient (Wildman–Crippen LogP) is 3.83. The molecule has 0 aliphatic carbocycles. The summed E-state index contributed by atoms with van der Waals surface area (Å²) in [5.41, 5.74) is 0.998. The van der Waals surface area contributed by atoms with Crippen molar-refractivity contribution in [3.63, 3.8) is 0 Å². The Hall–Kier alpha value is -2.74. The summed E-state index contributed by atoms with van der Waals surface area (Å²) in [6.45, 7) is 2.35. The van der Waals surface area contributed by atoms with E-state index in [4.69, 9.17) is 16.3 Å². The van der Waals surface area contributed by atoms with E-state index < -0.39 is 19.1 Å². The Balaban J connectivity index is 2.06. The van der Waals surface area contributed by atoms with Gasteiger partial charge in [-0.05, 0) is 36.8 Å². The predicted molar refractivity (Wildman–Crippen MR) is 97.4 cm³/mol. The number of rotatable bonds is 7. The van der Waals surface area contributed by atoms with Crippen LogP contribution in [0.2, 0.25) is 5.02 Å². The lowest BCUT2D eigenvalue weighted by atomic mass is 10.1. The van der Waals surface area contributed by atoms with Crippen molar-refractivity contribution in [3.05, 3.63) is 52.7 Å². The maximum Gasteiger partial charge on any atom is 0.272 e. The van der Waals surface area contributed by atoms with E-state index >= 15 is 0 Å². The Morgan fingerprint density at radius 2 is 2.00 bits per heavy atom. The molecule has 0 fully saturated rings. The molecule has 144 valence electrons. The van der Waals surface area contributed by atoms with Gasteiger partial charge in [0.05, 0.1) is 11.1 Å². The molecule has 2 rings (SSSR count). The van der Waals surface area contributed by atoms with Gasteiger partial charge in [-0.1, -0.05) is 17.7 Å². The molecule has 0 saturated heterocycles. The van der Waals surface area contributed by atoms with Crippen LogP contribution in [0.3, 0.4) is 0 Å². The van der Waals surface area contributed by atoms with Crippen molar-refractivity contribution in [2.24, 2.45) is 0 Å². The lowest BCUT2D eigenvalue weighted by Gasteiger charge is -2.16. The van der Waals surface area contributed by atoms with Gasteiger partial charge < -0.3 is 15.4 Å². The molecule has 1 atom stereocenters. The first-order valence-electron chi connectivity index (χ1n) is 8.01. The lowest BCUT2D eigenvalue weighted by Crippen LogP contribution is -2.26. The monoisotopic (exact) mass is 397 g/mol. The van der Waals surface area contributed by atoms with E-state index in [1.807, 2.05) is 0 Å². The van der Waals surface area contributed by atoms with Gasteiger partial charge in [0.2, 0.25) is 5.91 Å². The van der Waals surface area contributed by atoms with Crippen LogP contribution in [0.25, 0.3) is 0 Å². The average molecular weight is 398 g/mol. The molecule has 0 aliphatic rings. The Labute approximate surface area is 159 Å². The highest BCUT2D eigenvalue weighted by Crippen LogP contribution is 2.28. The number of hydrogen-bond acceptors (Lipinski definition) is 4. The van der Waals surface area contributed by atoms with Crippen LogP contribution in [-0.4, -0.2) is 29.8 Å². The number of hydrogen-bond donors (Lipinski definition) is 2. The number of carbonyl (C=O) groups is 2. The van der Waals surface area contributed by atoms with Gasteiger partial charge in [0, 0.05) is 18.7 Å². The van der Waals surface area contributed by atoms with Crippen LogP contribution in [0, 0.1) is 0 Å². The molecule has 27 heavy (non-hydrogen) atoms. The van der Waals surface area contributed by atoms with Crippen molar-refractivity contribution in [2.75, 3.05) is 11.9 Å². The Morgan fingerprint density at radius 3 is 2.63 bits per heavy atom. The Kier molecular flexibility index (Phi) is 7.06. The zero-order valence-electron chi connectivity index (χ0n) is 14.6. The van der Waals surface area contributed by atoms with Crippen LogP contribution in [-0.2, 0) is 4.79 Å². The molecule has 0 saturated carbocycles. The molecule has 6 nitrogen and oxygen atoms in total. The van der Waals surface area contributed by atoms with E-state index in [0.717, 1.165) is 0 Å². The van der Waals surface area contributed by atoms with Gasteiger partial charge in [0.1, 0.15) is 18.2 Å². The van der Waals surface area contributed by atoms with Gasteiger partial charge in [-0.2, -0.15) is 0 Å². The highest BCUT2D eigenvalue weighted by atomic mass is 35.5. The number of benzene rings is 1. The third-order valence-electron chi connectivity index (χ3n) is 3.49. The quantitative estimate of drug-likeness (QED) is 0.744. The molecule has 1 aromatic carbocycles. The Morgan fingerprint density at radius 1 is 1.26 bits per heavy atom. The van der Waals surface area contributed by atoms with E-state index in [1.165, 1.54) is 31.3 Å². The van der Waals surface area contributed by atoms with E-state index in [1.54, 1.807) is 19.1 Å². The van der Waals surface area contributed by atoms with Crippen LogP contribution < -0.4 is 15.4 Å². The van der Waals surface area contributed by atoms with E-state index in [2.05, 4.69) is 15.6 Å². The fourth-order valence-electron chi connectivity index (χ4n) is 2.24. The molecule has 9 heteroatoms. The van der Waals surface area contributed by atoms with Crippen molar-refractivity contribution in [1.82, 2.24) is 10.3 Å². The van der Waals surface area contributed by atoms with Gasteiger partial charge in [-0.25, -0.2) is 13.8 Å². The first-order valence-corrected chi connectivity index (χ1v) is 8.39. The molecule has 0 spiro atoms. The highest BCUT2D eigenvalue weighted by Gasteiger charge is 2.15. The summed E-state index contributed by atoms with van der Waals surface area (Å²) in [5, 5.41) is 5.47. The Bertz CT molecular complexity index is 833. The first kappa shape index (κ1) is 20.6. The van der Waals surface area contributed by atoms with E-state index in [0.29, 0.717) is 11.1 Å². The van der Waals surface area contributed by atoms with E-state index in [-0.39, 0.29) is 28.4 Å². The molecule has 0 bridgehead atoms. The van der Waals surface area contributed by atoms with Crippen molar-refractivity contribution in [3.8, 4) is 5.75 Å². The smallest absolute Gasteiger partial charge is 0.272 e. The molecular formula is C18H18ClF2N3O3. The minimum Gasteiger partial charge on any atom is -0.486 e. The first-order chi connectivity index (χ1) is 12.8. The molecule has 0 radical (unpaired) electrons. The van der Waals surface area contributed by atoms with Crippen molar-refractivity contribution >= 4 is 29.2 Å². The summed E-state index contributed by atoms with van der Waals surface area (Å²) in [5.74, 6) is -0.248. The fourth-order valence-corrected chi connectivity index (χ4v) is 2.48. The molecule has 1 unspecified atom stereocenters.